The SMILES string of the molecule is Cc1[nH]c(C2(CN)CC2)nc1-c1ccccc1F. The maximum Gasteiger partial charge on any atom is 0.132 e. The molecule has 0 atom stereocenters. The summed E-state index contributed by atoms with van der Waals surface area (Å²) in [6.45, 7) is 2.52. The fourth-order valence-electron chi connectivity index (χ4n) is 2.32. The highest BCUT2D eigenvalue weighted by atomic mass is 19.1. The molecular formula is C14H16FN3. The number of nitrogens with zero attached hydrogens (tertiary/aromatic N) is 1. The van der Waals surface area contributed by atoms with Gasteiger partial charge in [-0.05, 0) is 31.9 Å². The van der Waals surface area contributed by atoms with E-state index in [4.69, 9.17) is 5.73 Å². The van der Waals surface area contributed by atoms with Crippen LogP contribution in [0.4, 0.5) is 4.39 Å². The lowest BCUT2D eigenvalue weighted by atomic mass is 10.1. The van der Waals surface area contributed by atoms with Crippen molar-refractivity contribution in [1.82, 2.24) is 9.97 Å². The summed E-state index contributed by atoms with van der Waals surface area (Å²) in [5, 5.41) is 0. The number of halogens is 1. The van der Waals surface area contributed by atoms with Gasteiger partial charge in [0.2, 0.25) is 0 Å². The van der Waals surface area contributed by atoms with Crippen molar-refractivity contribution in [3.05, 3.63) is 41.6 Å². The Bertz CT molecular complexity index is 584. The van der Waals surface area contributed by atoms with Crippen LogP contribution in [0.15, 0.2) is 24.3 Å². The van der Waals surface area contributed by atoms with Crippen molar-refractivity contribution in [2.24, 2.45) is 5.73 Å². The van der Waals surface area contributed by atoms with Crippen molar-refractivity contribution in [2.75, 3.05) is 6.54 Å². The highest BCUT2D eigenvalue weighted by molar-refractivity contribution is 5.63. The summed E-state index contributed by atoms with van der Waals surface area (Å²) in [6.07, 6.45) is 2.13. The smallest absolute Gasteiger partial charge is 0.132 e. The van der Waals surface area contributed by atoms with E-state index >= 15 is 0 Å². The normalized spacial score (nSPS) is 16.8. The third-order valence-corrected chi connectivity index (χ3v) is 3.76. The predicted molar refractivity (Wildman–Crippen MR) is 68.7 cm³/mol. The molecule has 94 valence electrons. The predicted octanol–water partition coefficient (Wildman–Crippen LogP) is 2.51. The fraction of sp³-hybridized carbons (Fsp3) is 0.357. The minimum absolute atomic E-state index is 0.00820. The zero-order valence-electron chi connectivity index (χ0n) is 10.3. The molecule has 3 rings (SSSR count). The van der Waals surface area contributed by atoms with E-state index in [9.17, 15) is 4.39 Å². The average molecular weight is 245 g/mol. The molecular weight excluding hydrogens is 229 g/mol. The van der Waals surface area contributed by atoms with Crippen LogP contribution in [0.5, 0.6) is 0 Å². The first kappa shape index (κ1) is 11.4. The number of aryl methyl sites for hydroxylation is 1. The van der Waals surface area contributed by atoms with Crippen molar-refractivity contribution in [3.8, 4) is 11.3 Å². The third kappa shape index (κ3) is 1.64. The van der Waals surface area contributed by atoms with Crippen LogP contribution in [0.25, 0.3) is 11.3 Å². The van der Waals surface area contributed by atoms with Gasteiger partial charge in [-0.1, -0.05) is 12.1 Å². The van der Waals surface area contributed by atoms with Crippen molar-refractivity contribution in [1.29, 1.82) is 0 Å². The molecule has 3 N–H and O–H groups in total. The molecule has 2 aromatic rings. The topological polar surface area (TPSA) is 54.7 Å². The Kier molecular flexibility index (Phi) is 2.48. The molecule has 0 aliphatic heterocycles. The zero-order chi connectivity index (χ0) is 12.8. The Morgan fingerprint density at radius 3 is 2.72 bits per heavy atom. The first-order chi connectivity index (χ1) is 8.66. The Labute approximate surface area is 105 Å². The number of aromatic amines is 1. The van der Waals surface area contributed by atoms with Crippen LogP contribution in [-0.4, -0.2) is 16.5 Å². The molecule has 18 heavy (non-hydrogen) atoms. The van der Waals surface area contributed by atoms with Gasteiger partial charge in [-0.15, -0.1) is 0 Å². The molecule has 4 heteroatoms. The molecule has 1 aliphatic carbocycles. The molecule has 1 fully saturated rings. The number of imidazole rings is 1. The second-order valence-electron chi connectivity index (χ2n) is 5.02. The molecule has 1 aliphatic rings. The van der Waals surface area contributed by atoms with Gasteiger partial charge in [0.05, 0.1) is 5.69 Å². The van der Waals surface area contributed by atoms with E-state index in [1.165, 1.54) is 6.07 Å². The van der Waals surface area contributed by atoms with Gasteiger partial charge < -0.3 is 10.7 Å². The monoisotopic (exact) mass is 245 g/mol. The van der Waals surface area contributed by atoms with Crippen LogP contribution in [0.1, 0.15) is 24.4 Å². The minimum atomic E-state index is -0.240. The first-order valence-electron chi connectivity index (χ1n) is 6.18. The fourth-order valence-corrected chi connectivity index (χ4v) is 2.32. The number of H-pyrrole nitrogens is 1. The average Bonchev–Trinajstić information content (AvgIpc) is 3.08. The van der Waals surface area contributed by atoms with E-state index in [1.807, 2.05) is 13.0 Å². The Balaban J connectivity index is 2.07. The quantitative estimate of drug-likeness (QED) is 0.873. The largest absolute Gasteiger partial charge is 0.345 e. The minimum Gasteiger partial charge on any atom is -0.345 e. The molecule has 0 spiro atoms. The van der Waals surface area contributed by atoms with Crippen LogP contribution in [-0.2, 0) is 5.41 Å². The van der Waals surface area contributed by atoms with Gasteiger partial charge in [0, 0.05) is 23.2 Å². The van der Waals surface area contributed by atoms with Gasteiger partial charge in [0.25, 0.3) is 0 Å². The molecule has 1 aromatic heterocycles. The van der Waals surface area contributed by atoms with Crippen LogP contribution in [0, 0.1) is 12.7 Å². The van der Waals surface area contributed by atoms with Gasteiger partial charge in [-0.25, -0.2) is 9.37 Å². The molecule has 3 nitrogen and oxygen atoms in total. The maximum atomic E-state index is 13.8. The van der Waals surface area contributed by atoms with Gasteiger partial charge in [0.1, 0.15) is 11.6 Å². The maximum absolute atomic E-state index is 13.8. The molecule has 0 unspecified atom stereocenters. The van der Waals surface area contributed by atoms with Crippen LogP contribution < -0.4 is 5.73 Å². The lowest BCUT2D eigenvalue weighted by molar-refractivity contribution is 0.630. The van der Waals surface area contributed by atoms with E-state index in [-0.39, 0.29) is 11.2 Å². The van der Waals surface area contributed by atoms with E-state index in [0.717, 1.165) is 24.4 Å². The van der Waals surface area contributed by atoms with Crippen molar-refractivity contribution in [3.63, 3.8) is 0 Å². The number of aromatic nitrogens is 2. The second-order valence-corrected chi connectivity index (χ2v) is 5.02. The van der Waals surface area contributed by atoms with Gasteiger partial charge in [-0.2, -0.15) is 0 Å². The Morgan fingerprint density at radius 1 is 1.39 bits per heavy atom. The second kappa shape index (κ2) is 3.92. The van der Waals surface area contributed by atoms with Gasteiger partial charge in [-0.3, -0.25) is 0 Å². The summed E-state index contributed by atoms with van der Waals surface area (Å²) < 4.78 is 13.8. The highest BCUT2D eigenvalue weighted by Crippen LogP contribution is 2.46. The van der Waals surface area contributed by atoms with Crippen LogP contribution in [0.3, 0.4) is 0 Å². The van der Waals surface area contributed by atoms with Crippen LogP contribution in [0.2, 0.25) is 0 Å². The summed E-state index contributed by atoms with van der Waals surface area (Å²) in [7, 11) is 0. The summed E-state index contributed by atoms with van der Waals surface area (Å²) in [4.78, 5) is 7.84. The summed E-state index contributed by atoms with van der Waals surface area (Å²) in [5.74, 6) is 0.664. The van der Waals surface area contributed by atoms with E-state index in [0.29, 0.717) is 17.8 Å². The van der Waals surface area contributed by atoms with E-state index < -0.39 is 0 Å². The Morgan fingerprint density at radius 2 is 2.11 bits per heavy atom. The molecule has 1 aromatic carbocycles. The first-order valence-corrected chi connectivity index (χ1v) is 6.18. The molecule has 1 saturated carbocycles. The number of hydrogen-bond donors (Lipinski definition) is 2. The number of nitrogens with one attached hydrogen (secondary N) is 1. The molecule has 0 amide bonds. The molecule has 0 bridgehead atoms. The lowest BCUT2D eigenvalue weighted by Gasteiger charge is -2.07. The van der Waals surface area contributed by atoms with Crippen molar-refractivity contribution in [2.45, 2.75) is 25.2 Å². The van der Waals surface area contributed by atoms with Crippen molar-refractivity contribution < 1.29 is 4.39 Å². The van der Waals surface area contributed by atoms with E-state index in [1.54, 1.807) is 12.1 Å². The van der Waals surface area contributed by atoms with Gasteiger partial charge >= 0.3 is 0 Å². The zero-order valence-corrected chi connectivity index (χ0v) is 10.3. The third-order valence-electron chi connectivity index (χ3n) is 3.76. The number of benzene rings is 1. The summed E-state index contributed by atoms with van der Waals surface area (Å²) in [5.41, 5.74) is 7.94. The highest BCUT2D eigenvalue weighted by Gasteiger charge is 2.46. The standard InChI is InChI=1S/C14H16FN3/c1-9-12(10-4-2-3-5-11(10)15)18-13(17-9)14(8-16)6-7-14/h2-5H,6-8,16H2,1H3,(H,17,18). The lowest BCUT2D eigenvalue weighted by Crippen LogP contribution is -2.21. The summed E-state index contributed by atoms with van der Waals surface area (Å²) >= 11 is 0. The Hall–Kier alpha value is -1.68. The molecule has 0 saturated heterocycles. The number of nitrogens with two attached hydrogens (primary N) is 1. The molecule has 1 heterocycles. The summed E-state index contributed by atoms with van der Waals surface area (Å²) in [6, 6.07) is 6.72. The number of hydrogen-bond acceptors (Lipinski definition) is 2. The van der Waals surface area contributed by atoms with E-state index in [2.05, 4.69) is 9.97 Å². The number of rotatable bonds is 3. The van der Waals surface area contributed by atoms with Gasteiger partial charge in [0.15, 0.2) is 0 Å². The molecule has 0 radical (unpaired) electrons. The van der Waals surface area contributed by atoms with Crippen LogP contribution >= 0.6 is 0 Å². The van der Waals surface area contributed by atoms with Crippen molar-refractivity contribution >= 4 is 0 Å².